The SMILES string of the molecule is Cc1cccc2[nH]c(=S)n(CCCCn3ccnc3)c12. The van der Waals surface area contributed by atoms with E-state index in [1.165, 1.54) is 11.1 Å². The standard InChI is InChI=1S/C15H18N4S/c1-12-5-4-6-13-14(12)19(15(20)17-13)9-3-2-8-18-10-7-16-11-18/h4-7,10-11H,2-3,8-9H2,1H3,(H,17,20). The summed E-state index contributed by atoms with van der Waals surface area (Å²) >= 11 is 5.43. The molecule has 2 heterocycles. The topological polar surface area (TPSA) is 38.5 Å². The van der Waals surface area contributed by atoms with Gasteiger partial charge in [0.25, 0.3) is 0 Å². The molecule has 0 amide bonds. The Balaban J connectivity index is 1.71. The zero-order valence-electron chi connectivity index (χ0n) is 11.5. The fourth-order valence-electron chi connectivity index (χ4n) is 2.60. The average Bonchev–Trinajstić information content (AvgIpc) is 3.03. The molecule has 1 aromatic carbocycles. The van der Waals surface area contributed by atoms with Crippen molar-refractivity contribution in [2.45, 2.75) is 32.9 Å². The van der Waals surface area contributed by atoms with Crippen molar-refractivity contribution in [3.63, 3.8) is 0 Å². The molecule has 0 saturated heterocycles. The van der Waals surface area contributed by atoms with Crippen LogP contribution < -0.4 is 0 Å². The molecule has 0 fully saturated rings. The third-order valence-corrected chi connectivity index (χ3v) is 3.92. The Bertz CT molecular complexity index is 752. The van der Waals surface area contributed by atoms with Crippen LogP contribution in [0, 0.1) is 11.7 Å². The maximum Gasteiger partial charge on any atom is 0.178 e. The predicted octanol–water partition coefficient (Wildman–Crippen LogP) is 3.68. The molecule has 3 aromatic rings. The number of H-pyrrole nitrogens is 1. The largest absolute Gasteiger partial charge is 0.337 e. The Labute approximate surface area is 123 Å². The van der Waals surface area contributed by atoms with Crippen molar-refractivity contribution < 1.29 is 0 Å². The number of unbranched alkanes of at least 4 members (excludes halogenated alkanes) is 1. The first-order valence-electron chi connectivity index (χ1n) is 6.89. The van der Waals surface area contributed by atoms with Gasteiger partial charge in [-0.1, -0.05) is 12.1 Å². The number of aromatic nitrogens is 4. The van der Waals surface area contributed by atoms with Gasteiger partial charge in [0.2, 0.25) is 0 Å². The van der Waals surface area contributed by atoms with Crippen LogP contribution in [-0.2, 0) is 13.1 Å². The van der Waals surface area contributed by atoms with Crippen LogP contribution in [0.15, 0.2) is 36.9 Å². The van der Waals surface area contributed by atoms with E-state index >= 15 is 0 Å². The van der Waals surface area contributed by atoms with Crippen molar-refractivity contribution in [1.82, 2.24) is 19.1 Å². The van der Waals surface area contributed by atoms with Crippen LogP contribution in [0.3, 0.4) is 0 Å². The highest BCUT2D eigenvalue weighted by molar-refractivity contribution is 7.71. The fourth-order valence-corrected chi connectivity index (χ4v) is 2.89. The lowest BCUT2D eigenvalue weighted by molar-refractivity contribution is 0.556. The van der Waals surface area contributed by atoms with Gasteiger partial charge in [0.05, 0.1) is 17.4 Å². The molecule has 0 aliphatic carbocycles. The number of hydrogen-bond donors (Lipinski definition) is 1. The van der Waals surface area contributed by atoms with Crippen LogP contribution in [0.5, 0.6) is 0 Å². The molecule has 0 spiro atoms. The molecule has 0 unspecified atom stereocenters. The number of rotatable bonds is 5. The summed E-state index contributed by atoms with van der Waals surface area (Å²) in [5.74, 6) is 0. The van der Waals surface area contributed by atoms with Crippen LogP contribution in [0.25, 0.3) is 11.0 Å². The van der Waals surface area contributed by atoms with E-state index in [1.54, 1.807) is 0 Å². The van der Waals surface area contributed by atoms with Crippen LogP contribution in [-0.4, -0.2) is 19.1 Å². The molecule has 4 nitrogen and oxygen atoms in total. The molecule has 2 aromatic heterocycles. The minimum absolute atomic E-state index is 0.817. The lowest BCUT2D eigenvalue weighted by Crippen LogP contribution is -2.01. The lowest BCUT2D eigenvalue weighted by Gasteiger charge is -2.07. The number of hydrogen-bond acceptors (Lipinski definition) is 2. The second-order valence-corrected chi connectivity index (χ2v) is 5.45. The van der Waals surface area contributed by atoms with Crippen LogP contribution >= 0.6 is 12.2 Å². The first kappa shape index (κ1) is 13.1. The number of para-hydroxylation sites is 1. The summed E-state index contributed by atoms with van der Waals surface area (Å²) in [5.41, 5.74) is 3.63. The van der Waals surface area contributed by atoms with Crippen molar-refractivity contribution >= 4 is 23.3 Å². The number of nitrogens with zero attached hydrogens (tertiary/aromatic N) is 3. The lowest BCUT2D eigenvalue weighted by atomic mass is 10.2. The number of nitrogens with one attached hydrogen (secondary N) is 1. The maximum atomic E-state index is 5.43. The van der Waals surface area contributed by atoms with Gasteiger partial charge in [-0.2, -0.15) is 0 Å². The summed E-state index contributed by atoms with van der Waals surface area (Å²) in [6.45, 7) is 4.10. The second-order valence-electron chi connectivity index (χ2n) is 5.06. The summed E-state index contributed by atoms with van der Waals surface area (Å²) < 4.78 is 5.14. The number of fused-ring (bicyclic) bond motifs is 1. The quantitative estimate of drug-likeness (QED) is 0.574. The zero-order valence-corrected chi connectivity index (χ0v) is 12.4. The Hall–Kier alpha value is -1.88. The summed E-state index contributed by atoms with van der Waals surface area (Å²) in [6, 6.07) is 6.28. The molecular weight excluding hydrogens is 268 g/mol. The Morgan fingerprint density at radius 2 is 2.10 bits per heavy atom. The molecule has 0 aliphatic heterocycles. The van der Waals surface area contributed by atoms with E-state index in [-0.39, 0.29) is 0 Å². The van der Waals surface area contributed by atoms with E-state index in [0.717, 1.165) is 36.2 Å². The molecule has 20 heavy (non-hydrogen) atoms. The normalized spacial score (nSPS) is 11.2. The molecule has 3 rings (SSSR count). The van der Waals surface area contributed by atoms with Gasteiger partial charge in [0.15, 0.2) is 4.77 Å². The molecule has 0 atom stereocenters. The first-order valence-corrected chi connectivity index (χ1v) is 7.30. The van der Waals surface area contributed by atoms with Crippen LogP contribution in [0.4, 0.5) is 0 Å². The zero-order chi connectivity index (χ0) is 13.9. The minimum atomic E-state index is 0.817. The number of aryl methyl sites for hydroxylation is 3. The average molecular weight is 286 g/mol. The maximum absolute atomic E-state index is 5.43. The van der Waals surface area contributed by atoms with E-state index in [2.05, 4.69) is 44.2 Å². The molecule has 1 N–H and O–H groups in total. The van der Waals surface area contributed by atoms with Gasteiger partial charge in [0.1, 0.15) is 0 Å². The van der Waals surface area contributed by atoms with Gasteiger partial charge in [-0.3, -0.25) is 0 Å². The molecule has 0 aliphatic rings. The number of aromatic amines is 1. The Morgan fingerprint density at radius 3 is 2.90 bits per heavy atom. The summed E-state index contributed by atoms with van der Waals surface area (Å²) in [4.78, 5) is 7.34. The minimum Gasteiger partial charge on any atom is -0.337 e. The molecule has 5 heteroatoms. The highest BCUT2D eigenvalue weighted by Crippen LogP contribution is 2.18. The van der Waals surface area contributed by atoms with Crippen molar-refractivity contribution in [2.75, 3.05) is 0 Å². The van der Waals surface area contributed by atoms with Crippen LogP contribution in [0.1, 0.15) is 18.4 Å². The van der Waals surface area contributed by atoms with E-state index in [1.807, 2.05) is 18.7 Å². The second kappa shape index (κ2) is 5.63. The first-order chi connectivity index (χ1) is 9.75. The van der Waals surface area contributed by atoms with E-state index in [4.69, 9.17) is 12.2 Å². The molecular formula is C15H18N4S. The predicted molar refractivity (Wildman–Crippen MR) is 83.3 cm³/mol. The van der Waals surface area contributed by atoms with Crippen molar-refractivity contribution in [1.29, 1.82) is 0 Å². The van der Waals surface area contributed by atoms with Gasteiger partial charge in [-0.15, -0.1) is 0 Å². The van der Waals surface area contributed by atoms with E-state index in [9.17, 15) is 0 Å². The third-order valence-electron chi connectivity index (χ3n) is 3.60. The van der Waals surface area contributed by atoms with Gasteiger partial charge >= 0.3 is 0 Å². The fraction of sp³-hybridized carbons (Fsp3) is 0.333. The summed E-state index contributed by atoms with van der Waals surface area (Å²) in [6.07, 6.45) is 7.91. The van der Waals surface area contributed by atoms with Crippen molar-refractivity contribution in [2.24, 2.45) is 0 Å². The van der Waals surface area contributed by atoms with Gasteiger partial charge in [0, 0.05) is 25.5 Å². The molecule has 0 radical (unpaired) electrons. The Kier molecular flexibility index (Phi) is 3.69. The highest BCUT2D eigenvalue weighted by Gasteiger charge is 2.06. The van der Waals surface area contributed by atoms with Crippen molar-refractivity contribution in [3.8, 4) is 0 Å². The molecule has 0 bridgehead atoms. The molecule has 104 valence electrons. The smallest absolute Gasteiger partial charge is 0.178 e. The monoisotopic (exact) mass is 286 g/mol. The molecule has 0 saturated carbocycles. The van der Waals surface area contributed by atoms with Crippen LogP contribution in [0.2, 0.25) is 0 Å². The third kappa shape index (κ3) is 2.54. The van der Waals surface area contributed by atoms with E-state index in [0.29, 0.717) is 0 Å². The highest BCUT2D eigenvalue weighted by atomic mass is 32.1. The van der Waals surface area contributed by atoms with Gasteiger partial charge in [-0.25, -0.2) is 4.98 Å². The number of imidazole rings is 2. The Morgan fingerprint density at radius 1 is 1.25 bits per heavy atom. The van der Waals surface area contributed by atoms with Gasteiger partial charge < -0.3 is 14.1 Å². The summed E-state index contributed by atoms with van der Waals surface area (Å²) in [5, 5.41) is 0. The van der Waals surface area contributed by atoms with E-state index < -0.39 is 0 Å². The number of benzene rings is 1. The van der Waals surface area contributed by atoms with Crippen molar-refractivity contribution in [3.05, 3.63) is 47.3 Å². The van der Waals surface area contributed by atoms with Gasteiger partial charge in [-0.05, 0) is 43.6 Å². The summed E-state index contributed by atoms with van der Waals surface area (Å²) in [7, 11) is 0.